The van der Waals surface area contributed by atoms with Gasteiger partial charge in [-0.2, -0.15) is 0 Å². The van der Waals surface area contributed by atoms with Crippen LogP contribution in [0.25, 0.3) is 0 Å². The number of phenols is 2. The summed E-state index contributed by atoms with van der Waals surface area (Å²) in [6.07, 6.45) is 0.993. The Hall–Kier alpha value is -3.74. The number of hydrogen-bond acceptors (Lipinski definition) is 7. The Balaban J connectivity index is 1.61. The molecular weight excluding hydrogens is 396 g/mol. The Kier molecular flexibility index (Phi) is 4.46. The summed E-state index contributed by atoms with van der Waals surface area (Å²) in [5, 5.41) is 27.4. The van der Waals surface area contributed by atoms with Gasteiger partial charge in [-0.05, 0) is 54.7 Å². The van der Waals surface area contributed by atoms with Gasteiger partial charge in [-0.3, -0.25) is 4.79 Å². The highest BCUT2D eigenvalue weighted by molar-refractivity contribution is 6.01. The number of rotatable bonds is 3. The number of aromatic hydroxyl groups is 2. The topological polar surface area (TPSA) is 105 Å². The lowest BCUT2D eigenvalue weighted by Crippen LogP contribution is -2.29. The summed E-state index contributed by atoms with van der Waals surface area (Å²) in [5.74, 6) is 0.757. The van der Waals surface area contributed by atoms with E-state index in [-0.39, 0.29) is 29.1 Å². The summed E-state index contributed by atoms with van der Waals surface area (Å²) >= 11 is 0. The van der Waals surface area contributed by atoms with Crippen LogP contribution >= 0.6 is 0 Å². The number of Topliss-reactive ketones (excluding diaryl/α,β-unsaturated/α-hetero) is 1. The normalized spacial score (nSPS) is 20.1. The number of hydrogen-bond donors (Lipinski definition) is 3. The number of carbonyl (C=O) groups excluding carboxylic acids is 1. The van der Waals surface area contributed by atoms with Crippen molar-refractivity contribution in [2.24, 2.45) is 0 Å². The molecule has 7 heteroatoms. The van der Waals surface area contributed by atoms with Crippen molar-refractivity contribution in [2.75, 3.05) is 12.4 Å². The molecule has 31 heavy (non-hydrogen) atoms. The Morgan fingerprint density at radius 1 is 1.10 bits per heavy atom. The molecule has 2 aliphatic rings. The third kappa shape index (κ3) is 3.13. The van der Waals surface area contributed by atoms with Crippen LogP contribution in [0.5, 0.6) is 17.2 Å². The maximum absolute atomic E-state index is 13.4. The zero-order valence-corrected chi connectivity index (χ0v) is 17.2. The third-order valence-corrected chi connectivity index (χ3v) is 6.16. The van der Waals surface area contributed by atoms with Crippen LogP contribution in [0.15, 0.2) is 58.3 Å². The van der Waals surface area contributed by atoms with Crippen LogP contribution in [0.3, 0.4) is 0 Å². The van der Waals surface area contributed by atoms with Crippen molar-refractivity contribution in [3.05, 3.63) is 76.1 Å². The van der Waals surface area contributed by atoms with Crippen LogP contribution in [0.1, 0.15) is 47.1 Å². The van der Waals surface area contributed by atoms with E-state index in [2.05, 4.69) is 10.5 Å². The lowest BCUT2D eigenvalue weighted by molar-refractivity contribution is -0.116. The van der Waals surface area contributed by atoms with Gasteiger partial charge in [0.25, 0.3) is 0 Å². The van der Waals surface area contributed by atoms with Gasteiger partial charge < -0.3 is 24.8 Å². The van der Waals surface area contributed by atoms with Crippen molar-refractivity contribution < 1.29 is 24.3 Å². The number of carbonyl (C=O) groups is 1. The van der Waals surface area contributed by atoms with Crippen molar-refractivity contribution >= 4 is 11.7 Å². The van der Waals surface area contributed by atoms with Crippen LogP contribution in [-0.4, -0.2) is 28.3 Å². The number of benzene rings is 2. The zero-order chi connectivity index (χ0) is 21.7. The molecule has 7 nitrogen and oxygen atoms in total. The summed E-state index contributed by atoms with van der Waals surface area (Å²) in [6.45, 7) is 1.85. The molecule has 0 radical (unpaired) electrons. The van der Waals surface area contributed by atoms with Crippen LogP contribution in [-0.2, 0) is 4.79 Å². The quantitative estimate of drug-likeness (QED) is 0.580. The SMILES string of the molecule is COc1ccc(C2C3=C(CC(c4ccc(O)cc4)CC3=O)Nc3onc(C)c32)cc1O. The van der Waals surface area contributed by atoms with Crippen LogP contribution in [0.4, 0.5) is 5.88 Å². The smallest absolute Gasteiger partial charge is 0.233 e. The molecule has 2 unspecified atom stereocenters. The number of fused-ring (bicyclic) bond motifs is 1. The van der Waals surface area contributed by atoms with Crippen LogP contribution in [0.2, 0.25) is 0 Å². The Morgan fingerprint density at radius 3 is 2.55 bits per heavy atom. The van der Waals surface area contributed by atoms with Crippen molar-refractivity contribution in [1.82, 2.24) is 5.16 Å². The van der Waals surface area contributed by atoms with E-state index < -0.39 is 0 Å². The van der Waals surface area contributed by atoms with E-state index in [0.29, 0.717) is 35.7 Å². The van der Waals surface area contributed by atoms with E-state index in [1.165, 1.54) is 7.11 Å². The first kappa shape index (κ1) is 19.2. The lowest BCUT2D eigenvalue weighted by atomic mass is 9.72. The van der Waals surface area contributed by atoms with Crippen molar-refractivity contribution in [2.45, 2.75) is 31.6 Å². The maximum Gasteiger partial charge on any atom is 0.233 e. The van der Waals surface area contributed by atoms with E-state index in [0.717, 1.165) is 22.4 Å². The molecule has 3 N–H and O–H groups in total. The molecule has 0 amide bonds. The van der Waals surface area contributed by atoms with Gasteiger partial charge in [-0.15, -0.1) is 0 Å². The number of nitrogens with zero attached hydrogens (tertiary/aromatic N) is 1. The molecule has 3 aromatic rings. The van der Waals surface area contributed by atoms with Gasteiger partial charge in [-0.25, -0.2) is 0 Å². The minimum Gasteiger partial charge on any atom is -0.508 e. The molecule has 1 aliphatic heterocycles. The minimum atomic E-state index is -0.387. The molecule has 2 aromatic carbocycles. The first-order chi connectivity index (χ1) is 15.0. The summed E-state index contributed by atoms with van der Waals surface area (Å²) < 4.78 is 10.7. The Morgan fingerprint density at radius 2 is 1.84 bits per heavy atom. The highest BCUT2D eigenvalue weighted by Gasteiger charge is 2.41. The molecule has 0 saturated carbocycles. The highest BCUT2D eigenvalue weighted by atomic mass is 16.5. The molecule has 1 aromatic heterocycles. The molecule has 0 bridgehead atoms. The minimum absolute atomic E-state index is 0.00478. The molecule has 2 atom stereocenters. The average Bonchev–Trinajstić information content (AvgIpc) is 3.13. The predicted octanol–water partition coefficient (Wildman–Crippen LogP) is 4.36. The van der Waals surface area contributed by atoms with E-state index in [9.17, 15) is 15.0 Å². The summed E-state index contributed by atoms with van der Waals surface area (Å²) in [4.78, 5) is 13.4. The molecule has 0 fully saturated rings. The second-order valence-corrected chi connectivity index (χ2v) is 8.01. The predicted molar refractivity (Wildman–Crippen MR) is 113 cm³/mol. The third-order valence-electron chi connectivity index (χ3n) is 6.16. The Bertz CT molecular complexity index is 1210. The van der Waals surface area contributed by atoms with Gasteiger partial charge in [0, 0.05) is 23.6 Å². The number of aromatic nitrogens is 1. The lowest BCUT2D eigenvalue weighted by Gasteiger charge is -2.34. The molecule has 1 aliphatic carbocycles. The van der Waals surface area contributed by atoms with E-state index in [1.54, 1.807) is 24.3 Å². The van der Waals surface area contributed by atoms with Gasteiger partial charge in [0.2, 0.25) is 5.88 Å². The fraction of sp³-hybridized carbons (Fsp3) is 0.250. The first-order valence-corrected chi connectivity index (χ1v) is 10.1. The summed E-state index contributed by atoms with van der Waals surface area (Å²) in [7, 11) is 1.50. The van der Waals surface area contributed by atoms with Crippen LogP contribution in [0, 0.1) is 6.92 Å². The molecule has 5 rings (SSSR count). The molecule has 2 heterocycles. The number of allylic oxidation sites excluding steroid dienone is 2. The standard InChI is InChI=1S/C24H22N2O5/c1-12-21-22(14-5-8-20(30-2)18(28)10-14)23-17(25-24(21)31-26-12)9-15(11-19(23)29)13-3-6-16(27)7-4-13/h3-8,10,15,22,25,27-28H,9,11H2,1-2H3. The van der Waals surface area contributed by atoms with Gasteiger partial charge in [0.1, 0.15) is 5.75 Å². The number of ketones is 1. The fourth-order valence-electron chi connectivity index (χ4n) is 4.67. The number of anilines is 1. The van der Waals surface area contributed by atoms with Crippen LogP contribution < -0.4 is 10.1 Å². The summed E-state index contributed by atoms with van der Waals surface area (Å²) in [5.41, 5.74) is 4.76. The van der Waals surface area contributed by atoms with Crippen molar-refractivity contribution in [1.29, 1.82) is 0 Å². The summed E-state index contributed by atoms with van der Waals surface area (Å²) in [6, 6.07) is 12.2. The zero-order valence-electron chi connectivity index (χ0n) is 17.2. The maximum atomic E-state index is 13.4. The van der Waals surface area contributed by atoms with Crippen molar-refractivity contribution in [3.63, 3.8) is 0 Å². The molecule has 0 saturated heterocycles. The average molecular weight is 418 g/mol. The number of aryl methyl sites for hydroxylation is 1. The van der Waals surface area contributed by atoms with Gasteiger partial charge in [-0.1, -0.05) is 23.4 Å². The van der Waals surface area contributed by atoms with E-state index >= 15 is 0 Å². The molecule has 158 valence electrons. The fourth-order valence-corrected chi connectivity index (χ4v) is 4.67. The van der Waals surface area contributed by atoms with E-state index in [1.807, 2.05) is 25.1 Å². The number of nitrogens with one attached hydrogen (secondary N) is 1. The number of methoxy groups -OCH3 is 1. The monoisotopic (exact) mass is 418 g/mol. The first-order valence-electron chi connectivity index (χ1n) is 10.1. The van der Waals surface area contributed by atoms with Crippen molar-refractivity contribution in [3.8, 4) is 17.2 Å². The van der Waals surface area contributed by atoms with E-state index in [4.69, 9.17) is 9.26 Å². The number of phenolic OH excluding ortho intramolecular Hbond substituents is 2. The van der Waals surface area contributed by atoms with Gasteiger partial charge >= 0.3 is 0 Å². The van der Waals surface area contributed by atoms with Gasteiger partial charge in [0.05, 0.1) is 18.4 Å². The Labute approximate surface area is 179 Å². The second-order valence-electron chi connectivity index (χ2n) is 8.01. The molecular formula is C24H22N2O5. The second kappa shape index (κ2) is 7.19. The molecule has 0 spiro atoms. The van der Waals surface area contributed by atoms with Gasteiger partial charge in [0.15, 0.2) is 17.3 Å². The largest absolute Gasteiger partial charge is 0.508 e. The highest BCUT2D eigenvalue weighted by Crippen LogP contribution is 2.49. The number of ether oxygens (including phenoxy) is 1.